The van der Waals surface area contributed by atoms with Crippen LogP contribution in [0, 0.1) is 16.0 Å². The average molecular weight is 414 g/mol. The minimum atomic E-state index is -0.758. The van der Waals surface area contributed by atoms with Crippen molar-refractivity contribution in [3.05, 3.63) is 69.5 Å². The van der Waals surface area contributed by atoms with Crippen LogP contribution in [-0.4, -0.2) is 23.4 Å². The summed E-state index contributed by atoms with van der Waals surface area (Å²) in [4.78, 5) is 33.9. The molecule has 1 N–H and O–H groups in total. The van der Waals surface area contributed by atoms with Gasteiger partial charge >= 0.3 is 11.9 Å². The molecule has 1 aromatic carbocycles. The summed E-state index contributed by atoms with van der Waals surface area (Å²) in [6, 6.07) is 10.4. The lowest BCUT2D eigenvalue weighted by Crippen LogP contribution is -2.34. The number of amides is 1. The minimum absolute atomic E-state index is 0.132. The van der Waals surface area contributed by atoms with Gasteiger partial charge in [-0.1, -0.05) is 52.0 Å². The zero-order valence-electron chi connectivity index (χ0n) is 17.5. The number of hydrogen-bond donors (Lipinski definition) is 1. The largest absolute Gasteiger partial charge is 0.452 e. The number of nitrogens with one attached hydrogen (secondary N) is 1. The van der Waals surface area contributed by atoms with Gasteiger partial charge in [0.2, 0.25) is 0 Å². The first kappa shape index (κ1) is 22.9. The van der Waals surface area contributed by atoms with E-state index in [1.54, 1.807) is 0 Å². The minimum Gasteiger partial charge on any atom is -0.452 e. The molecule has 0 spiro atoms. The summed E-state index contributed by atoms with van der Waals surface area (Å²) in [7, 11) is 0. The molecule has 160 valence electrons. The van der Waals surface area contributed by atoms with Crippen molar-refractivity contribution in [3.63, 3.8) is 0 Å². The highest BCUT2D eigenvalue weighted by Crippen LogP contribution is 2.24. The molecule has 0 saturated carbocycles. The summed E-state index contributed by atoms with van der Waals surface area (Å²) < 4.78 is 9.83. The molecular formula is C22H26N2O6. The maximum atomic E-state index is 12.3. The Balaban J connectivity index is 1.89. The molecule has 0 fully saturated rings. The lowest BCUT2D eigenvalue weighted by Gasteiger charge is -2.23. The van der Waals surface area contributed by atoms with Crippen LogP contribution in [0.2, 0.25) is 0 Å². The topological polar surface area (TPSA) is 112 Å². The van der Waals surface area contributed by atoms with Crippen LogP contribution in [-0.2, 0) is 14.3 Å². The molecule has 30 heavy (non-hydrogen) atoms. The van der Waals surface area contributed by atoms with Crippen molar-refractivity contribution in [2.45, 2.75) is 39.7 Å². The van der Waals surface area contributed by atoms with Crippen molar-refractivity contribution < 1.29 is 23.7 Å². The summed E-state index contributed by atoms with van der Waals surface area (Å²) in [5, 5.41) is 13.5. The van der Waals surface area contributed by atoms with Crippen molar-refractivity contribution in [1.82, 2.24) is 5.32 Å². The number of nitrogens with zero attached hydrogens (tertiary/aromatic N) is 1. The van der Waals surface area contributed by atoms with E-state index in [9.17, 15) is 19.7 Å². The molecule has 1 heterocycles. The van der Waals surface area contributed by atoms with Gasteiger partial charge in [-0.2, -0.15) is 0 Å². The first-order valence-corrected chi connectivity index (χ1v) is 9.65. The summed E-state index contributed by atoms with van der Waals surface area (Å²) in [5.41, 5.74) is 2.20. The highest BCUT2D eigenvalue weighted by atomic mass is 16.6. The van der Waals surface area contributed by atoms with Gasteiger partial charge in [0.05, 0.1) is 12.1 Å². The molecule has 0 saturated heterocycles. The fourth-order valence-corrected chi connectivity index (χ4v) is 2.80. The van der Waals surface area contributed by atoms with Crippen molar-refractivity contribution in [2.75, 3.05) is 6.61 Å². The molecule has 1 amide bonds. The van der Waals surface area contributed by atoms with E-state index in [1.165, 1.54) is 23.8 Å². The number of carbonyl (C=O) groups is 2. The number of carbonyl (C=O) groups excluding carboxylic acids is 2. The van der Waals surface area contributed by atoms with E-state index in [2.05, 4.69) is 19.2 Å². The number of esters is 1. The van der Waals surface area contributed by atoms with Crippen molar-refractivity contribution in [2.24, 2.45) is 5.92 Å². The lowest BCUT2D eigenvalue weighted by atomic mass is 9.93. The zero-order chi connectivity index (χ0) is 22.3. The van der Waals surface area contributed by atoms with Gasteiger partial charge in [0, 0.05) is 6.08 Å². The second-order valence-corrected chi connectivity index (χ2v) is 7.48. The van der Waals surface area contributed by atoms with Gasteiger partial charge in [-0.15, -0.1) is 0 Å². The fraction of sp³-hybridized carbons (Fsp3) is 0.364. The Hall–Kier alpha value is -3.42. The number of ether oxygens (including phenoxy) is 1. The smallest absolute Gasteiger partial charge is 0.433 e. The Bertz CT molecular complexity index is 912. The fourth-order valence-electron chi connectivity index (χ4n) is 2.80. The molecule has 0 aliphatic rings. The maximum Gasteiger partial charge on any atom is 0.433 e. The predicted octanol–water partition coefficient (Wildman–Crippen LogP) is 4.38. The normalized spacial score (nSPS) is 12.3. The van der Waals surface area contributed by atoms with Gasteiger partial charge in [0.25, 0.3) is 5.91 Å². The Morgan fingerprint density at radius 1 is 1.10 bits per heavy atom. The van der Waals surface area contributed by atoms with Crippen LogP contribution in [0.1, 0.15) is 56.5 Å². The SMILES string of the molecule is CC(C)c1ccc([C@@H](NC(=O)COC(=O)/C=C/c2ccc([N+](=O)[O-])o2)C(C)C)cc1. The van der Waals surface area contributed by atoms with Crippen molar-refractivity contribution >= 4 is 23.8 Å². The van der Waals surface area contributed by atoms with E-state index in [0.717, 1.165) is 11.6 Å². The number of nitro groups is 1. The van der Waals surface area contributed by atoms with Gasteiger partial charge < -0.3 is 14.5 Å². The van der Waals surface area contributed by atoms with Crippen LogP contribution < -0.4 is 5.32 Å². The lowest BCUT2D eigenvalue weighted by molar-refractivity contribution is -0.402. The van der Waals surface area contributed by atoms with Crippen molar-refractivity contribution in [3.8, 4) is 0 Å². The van der Waals surface area contributed by atoms with E-state index >= 15 is 0 Å². The van der Waals surface area contributed by atoms with Crippen LogP contribution in [0.3, 0.4) is 0 Å². The zero-order valence-corrected chi connectivity index (χ0v) is 17.5. The van der Waals surface area contributed by atoms with E-state index in [4.69, 9.17) is 9.15 Å². The molecule has 0 radical (unpaired) electrons. The number of benzene rings is 1. The molecule has 0 unspecified atom stereocenters. The quantitative estimate of drug-likeness (QED) is 0.282. The summed E-state index contributed by atoms with van der Waals surface area (Å²) >= 11 is 0. The second kappa shape index (κ2) is 10.4. The third kappa shape index (κ3) is 6.58. The Morgan fingerprint density at radius 3 is 2.27 bits per heavy atom. The van der Waals surface area contributed by atoms with Gasteiger partial charge in [-0.3, -0.25) is 14.9 Å². The highest BCUT2D eigenvalue weighted by Gasteiger charge is 2.19. The molecule has 0 aliphatic carbocycles. The molecule has 0 aliphatic heterocycles. The molecule has 8 nitrogen and oxygen atoms in total. The van der Waals surface area contributed by atoms with E-state index < -0.39 is 29.3 Å². The number of furan rings is 1. The standard InChI is InChI=1S/C22H26N2O6/c1-14(2)16-5-7-17(8-6-16)22(15(3)4)23-19(25)13-29-21(26)12-10-18-9-11-20(30-18)24(27)28/h5-12,14-15,22H,13H2,1-4H3,(H,23,25)/b12-10+/t22-/m0/s1. The van der Waals surface area contributed by atoms with Crippen LogP contribution in [0.15, 0.2) is 46.9 Å². The van der Waals surface area contributed by atoms with Crippen LogP contribution in [0.5, 0.6) is 0 Å². The third-order valence-electron chi connectivity index (χ3n) is 4.47. The monoisotopic (exact) mass is 414 g/mol. The van der Waals surface area contributed by atoms with E-state index in [-0.39, 0.29) is 17.7 Å². The van der Waals surface area contributed by atoms with Gasteiger partial charge in [-0.25, -0.2) is 4.79 Å². The van der Waals surface area contributed by atoms with Crippen LogP contribution in [0.4, 0.5) is 5.88 Å². The Morgan fingerprint density at radius 2 is 1.73 bits per heavy atom. The summed E-state index contributed by atoms with van der Waals surface area (Å²) in [5.74, 6) is -0.907. The second-order valence-electron chi connectivity index (χ2n) is 7.48. The molecule has 2 aromatic rings. The molecule has 1 atom stereocenters. The molecule has 0 bridgehead atoms. The highest BCUT2D eigenvalue weighted by molar-refractivity contribution is 5.89. The third-order valence-corrected chi connectivity index (χ3v) is 4.47. The molecular weight excluding hydrogens is 388 g/mol. The van der Waals surface area contributed by atoms with E-state index in [0.29, 0.717) is 5.92 Å². The predicted molar refractivity (Wildman–Crippen MR) is 112 cm³/mol. The first-order chi connectivity index (χ1) is 14.2. The number of hydrogen-bond acceptors (Lipinski definition) is 6. The van der Waals surface area contributed by atoms with Crippen molar-refractivity contribution in [1.29, 1.82) is 0 Å². The molecule has 8 heteroatoms. The van der Waals surface area contributed by atoms with Crippen LogP contribution >= 0.6 is 0 Å². The summed E-state index contributed by atoms with van der Waals surface area (Å²) in [6.45, 7) is 7.80. The molecule has 2 rings (SSSR count). The van der Waals surface area contributed by atoms with Gasteiger partial charge in [0.1, 0.15) is 10.7 Å². The maximum absolute atomic E-state index is 12.3. The summed E-state index contributed by atoms with van der Waals surface area (Å²) in [6.07, 6.45) is 2.28. The van der Waals surface area contributed by atoms with Crippen LogP contribution in [0.25, 0.3) is 6.08 Å². The average Bonchev–Trinajstić information content (AvgIpc) is 3.18. The Labute approximate surface area is 175 Å². The first-order valence-electron chi connectivity index (χ1n) is 9.65. The Kier molecular flexibility index (Phi) is 7.91. The number of rotatable bonds is 9. The van der Waals surface area contributed by atoms with Gasteiger partial charge in [-0.05, 0) is 35.1 Å². The van der Waals surface area contributed by atoms with E-state index in [1.807, 2.05) is 38.1 Å². The van der Waals surface area contributed by atoms with Gasteiger partial charge in [0.15, 0.2) is 6.61 Å². The molecule has 1 aromatic heterocycles.